The molecular weight excluding hydrogens is 351 g/mol. The van der Waals surface area contributed by atoms with Crippen LogP contribution in [-0.2, 0) is 9.59 Å². The topological polar surface area (TPSA) is 69.9 Å². The van der Waals surface area contributed by atoms with Crippen molar-refractivity contribution in [2.45, 2.75) is 38.6 Å². The number of amides is 2. The van der Waals surface area contributed by atoms with Gasteiger partial charge in [0.15, 0.2) is 0 Å². The average molecular weight is 383 g/mol. The molecule has 1 unspecified atom stereocenters. The standard InChI is InChI=1S/C16H30N4O2.2ClH/c1-13(17)11-15(21)19-5-3-14(4-6-19)12-16(22)20-9-7-18(2)8-10-20;;/h13-14H,3-12,17H2,1-2H3;2*1H. The van der Waals surface area contributed by atoms with E-state index >= 15 is 0 Å². The van der Waals surface area contributed by atoms with Gasteiger partial charge in [-0.3, -0.25) is 9.59 Å². The minimum Gasteiger partial charge on any atom is -0.343 e. The van der Waals surface area contributed by atoms with E-state index in [1.165, 1.54) is 0 Å². The van der Waals surface area contributed by atoms with Crippen LogP contribution < -0.4 is 5.73 Å². The second-order valence-corrected chi connectivity index (χ2v) is 6.89. The molecule has 0 saturated carbocycles. The van der Waals surface area contributed by atoms with Crippen LogP contribution in [0.2, 0.25) is 0 Å². The molecule has 2 fully saturated rings. The molecule has 142 valence electrons. The SMILES string of the molecule is CC(N)CC(=O)N1CCC(CC(=O)N2CCN(C)CC2)CC1.Cl.Cl. The van der Waals surface area contributed by atoms with Gasteiger partial charge in [0.1, 0.15) is 0 Å². The summed E-state index contributed by atoms with van der Waals surface area (Å²) in [6.45, 7) is 7.03. The minimum atomic E-state index is -0.0796. The first-order valence-corrected chi connectivity index (χ1v) is 8.45. The van der Waals surface area contributed by atoms with Gasteiger partial charge < -0.3 is 20.4 Å². The number of piperazine rings is 1. The normalized spacial score (nSPS) is 20.8. The van der Waals surface area contributed by atoms with Crippen molar-refractivity contribution >= 4 is 36.6 Å². The zero-order valence-electron chi connectivity index (χ0n) is 14.8. The van der Waals surface area contributed by atoms with E-state index in [4.69, 9.17) is 5.73 Å². The van der Waals surface area contributed by atoms with Gasteiger partial charge in [0, 0.05) is 58.2 Å². The lowest BCUT2D eigenvalue weighted by atomic mass is 9.92. The van der Waals surface area contributed by atoms with E-state index in [0.29, 0.717) is 18.8 Å². The molecule has 0 aromatic carbocycles. The van der Waals surface area contributed by atoms with Gasteiger partial charge in [0.05, 0.1) is 0 Å². The zero-order valence-corrected chi connectivity index (χ0v) is 16.4. The third-order valence-electron chi connectivity index (χ3n) is 4.78. The Hall–Kier alpha value is -0.560. The first kappa shape index (κ1) is 23.4. The van der Waals surface area contributed by atoms with Gasteiger partial charge in [0.25, 0.3) is 0 Å². The zero-order chi connectivity index (χ0) is 16.1. The quantitative estimate of drug-likeness (QED) is 0.786. The Morgan fingerprint density at radius 1 is 0.958 bits per heavy atom. The number of rotatable bonds is 4. The lowest BCUT2D eigenvalue weighted by Gasteiger charge is -2.35. The Balaban J connectivity index is 0.00000264. The van der Waals surface area contributed by atoms with Crippen LogP contribution >= 0.6 is 24.8 Å². The van der Waals surface area contributed by atoms with Crippen LogP contribution in [0, 0.1) is 5.92 Å². The molecule has 2 aliphatic rings. The Morgan fingerprint density at radius 3 is 1.96 bits per heavy atom. The molecule has 2 amide bonds. The Labute approximate surface area is 157 Å². The number of nitrogens with zero attached hydrogens (tertiary/aromatic N) is 3. The van der Waals surface area contributed by atoms with E-state index in [1.54, 1.807) is 0 Å². The lowest BCUT2D eigenvalue weighted by Crippen LogP contribution is -2.48. The second kappa shape index (κ2) is 11.1. The fraction of sp³-hybridized carbons (Fsp3) is 0.875. The third-order valence-corrected chi connectivity index (χ3v) is 4.78. The highest BCUT2D eigenvalue weighted by molar-refractivity contribution is 5.85. The number of likely N-dealkylation sites (N-methyl/N-ethyl adjacent to an activating group) is 1. The summed E-state index contributed by atoms with van der Waals surface area (Å²) in [5.41, 5.74) is 5.68. The van der Waals surface area contributed by atoms with Crippen LogP contribution in [0.3, 0.4) is 0 Å². The number of carbonyl (C=O) groups is 2. The summed E-state index contributed by atoms with van der Waals surface area (Å²) in [5.74, 6) is 0.860. The highest BCUT2D eigenvalue weighted by atomic mass is 35.5. The molecule has 0 bridgehead atoms. The summed E-state index contributed by atoms with van der Waals surface area (Å²) in [6.07, 6.45) is 2.93. The molecule has 0 aromatic rings. The average Bonchev–Trinajstić information content (AvgIpc) is 2.48. The number of halogens is 2. The van der Waals surface area contributed by atoms with Crippen molar-refractivity contribution in [3.8, 4) is 0 Å². The van der Waals surface area contributed by atoms with Crippen molar-refractivity contribution < 1.29 is 9.59 Å². The largest absolute Gasteiger partial charge is 0.343 e. The maximum Gasteiger partial charge on any atom is 0.224 e. The maximum absolute atomic E-state index is 12.3. The predicted octanol–water partition coefficient (Wildman–Crippen LogP) is 0.970. The molecule has 2 rings (SSSR count). The Morgan fingerprint density at radius 2 is 1.46 bits per heavy atom. The van der Waals surface area contributed by atoms with E-state index in [0.717, 1.165) is 52.1 Å². The van der Waals surface area contributed by atoms with Crippen LogP contribution in [-0.4, -0.2) is 78.9 Å². The molecule has 6 nitrogen and oxygen atoms in total. The highest BCUT2D eigenvalue weighted by Crippen LogP contribution is 2.22. The molecule has 2 aliphatic heterocycles. The summed E-state index contributed by atoms with van der Waals surface area (Å²) in [4.78, 5) is 30.5. The maximum atomic E-state index is 12.3. The van der Waals surface area contributed by atoms with Crippen molar-refractivity contribution in [1.82, 2.24) is 14.7 Å². The van der Waals surface area contributed by atoms with E-state index < -0.39 is 0 Å². The fourth-order valence-corrected chi connectivity index (χ4v) is 3.22. The Kier molecular flexibility index (Phi) is 10.9. The number of likely N-dealkylation sites (tertiary alicyclic amines) is 1. The summed E-state index contributed by atoms with van der Waals surface area (Å²) in [5, 5.41) is 0. The molecule has 0 aliphatic carbocycles. The van der Waals surface area contributed by atoms with Crippen molar-refractivity contribution in [1.29, 1.82) is 0 Å². The van der Waals surface area contributed by atoms with Crippen LogP contribution in [0.25, 0.3) is 0 Å². The van der Waals surface area contributed by atoms with E-state index in [1.807, 2.05) is 16.7 Å². The molecule has 0 radical (unpaired) electrons. The summed E-state index contributed by atoms with van der Waals surface area (Å²) in [6, 6.07) is -0.0796. The van der Waals surface area contributed by atoms with Crippen LogP contribution in [0.4, 0.5) is 0 Å². The van der Waals surface area contributed by atoms with Crippen molar-refractivity contribution in [3.63, 3.8) is 0 Å². The molecular formula is C16H32Cl2N4O2. The molecule has 1 atom stereocenters. The van der Waals surface area contributed by atoms with Gasteiger partial charge in [0.2, 0.25) is 11.8 Å². The van der Waals surface area contributed by atoms with Crippen molar-refractivity contribution in [3.05, 3.63) is 0 Å². The molecule has 24 heavy (non-hydrogen) atoms. The predicted molar refractivity (Wildman–Crippen MR) is 101 cm³/mol. The van der Waals surface area contributed by atoms with Crippen LogP contribution in [0.15, 0.2) is 0 Å². The number of carbonyl (C=O) groups excluding carboxylic acids is 2. The van der Waals surface area contributed by atoms with Gasteiger partial charge in [-0.2, -0.15) is 0 Å². The second-order valence-electron chi connectivity index (χ2n) is 6.89. The molecule has 0 aromatic heterocycles. The van der Waals surface area contributed by atoms with E-state index in [-0.39, 0.29) is 42.7 Å². The van der Waals surface area contributed by atoms with Gasteiger partial charge >= 0.3 is 0 Å². The summed E-state index contributed by atoms with van der Waals surface area (Å²) >= 11 is 0. The summed E-state index contributed by atoms with van der Waals surface area (Å²) in [7, 11) is 2.09. The van der Waals surface area contributed by atoms with Gasteiger partial charge in [-0.1, -0.05) is 0 Å². The van der Waals surface area contributed by atoms with Gasteiger partial charge in [-0.05, 0) is 32.7 Å². The van der Waals surface area contributed by atoms with Gasteiger partial charge in [-0.25, -0.2) is 0 Å². The van der Waals surface area contributed by atoms with Crippen molar-refractivity contribution in [2.75, 3.05) is 46.3 Å². The molecule has 8 heteroatoms. The molecule has 2 heterocycles. The molecule has 2 saturated heterocycles. The first-order valence-electron chi connectivity index (χ1n) is 8.45. The van der Waals surface area contributed by atoms with Gasteiger partial charge in [-0.15, -0.1) is 24.8 Å². The van der Waals surface area contributed by atoms with E-state index in [9.17, 15) is 9.59 Å². The highest BCUT2D eigenvalue weighted by Gasteiger charge is 2.27. The van der Waals surface area contributed by atoms with Crippen molar-refractivity contribution in [2.24, 2.45) is 11.7 Å². The lowest BCUT2D eigenvalue weighted by molar-refractivity contribution is -0.135. The first-order chi connectivity index (χ1) is 10.5. The monoisotopic (exact) mass is 382 g/mol. The fourth-order valence-electron chi connectivity index (χ4n) is 3.22. The summed E-state index contributed by atoms with van der Waals surface area (Å²) < 4.78 is 0. The van der Waals surface area contributed by atoms with E-state index in [2.05, 4.69) is 11.9 Å². The minimum absolute atomic E-state index is 0. The number of hydrogen-bond donors (Lipinski definition) is 1. The Bertz CT molecular complexity index is 394. The molecule has 2 N–H and O–H groups in total. The van der Waals surface area contributed by atoms with Crippen LogP contribution in [0.5, 0.6) is 0 Å². The molecule has 0 spiro atoms. The number of hydrogen-bond acceptors (Lipinski definition) is 4. The number of nitrogens with two attached hydrogens (primary N) is 1. The smallest absolute Gasteiger partial charge is 0.224 e. The van der Waals surface area contributed by atoms with Crippen LogP contribution in [0.1, 0.15) is 32.6 Å². The number of piperidine rings is 1. The third kappa shape index (κ3) is 7.13.